The summed E-state index contributed by atoms with van der Waals surface area (Å²) >= 11 is 0. The molecule has 0 aliphatic carbocycles. The van der Waals surface area contributed by atoms with E-state index < -0.39 is 0 Å². The van der Waals surface area contributed by atoms with Crippen LogP contribution in [0.4, 0.5) is 0 Å². The molecule has 1 N–H and O–H groups in total. The lowest BCUT2D eigenvalue weighted by atomic mass is 10.1. The van der Waals surface area contributed by atoms with E-state index in [1.807, 2.05) is 29.2 Å². The fraction of sp³-hybridized carbons (Fsp3) is 0.385. The number of nitrogens with one attached hydrogen (secondary N) is 1. The number of benzene rings is 1. The van der Waals surface area contributed by atoms with Crippen molar-refractivity contribution in [2.24, 2.45) is 0 Å². The molecule has 0 aromatic heterocycles. The highest BCUT2D eigenvalue weighted by Crippen LogP contribution is 2.13. The quantitative estimate of drug-likeness (QED) is 0.721. The minimum atomic E-state index is 0.0974. The first-order valence-corrected chi connectivity index (χ1v) is 5.80. The van der Waals surface area contributed by atoms with Gasteiger partial charge in [0, 0.05) is 5.56 Å². The Bertz CT molecular complexity index is 381. The predicted octanol–water partition coefficient (Wildman–Crippen LogP) is -0.173. The van der Waals surface area contributed by atoms with Crippen LogP contribution in [-0.4, -0.2) is 44.1 Å². The van der Waals surface area contributed by atoms with Gasteiger partial charge in [0.25, 0.3) is 5.91 Å². The normalized spacial score (nSPS) is 16.9. The van der Waals surface area contributed by atoms with Gasteiger partial charge in [-0.25, -0.2) is 0 Å². The zero-order chi connectivity index (χ0) is 12.3. The van der Waals surface area contributed by atoms with Crippen molar-refractivity contribution in [1.82, 2.24) is 4.90 Å². The summed E-state index contributed by atoms with van der Waals surface area (Å²) in [5.74, 6) is 0.869. The average molecular weight is 234 g/mol. The second-order valence-corrected chi connectivity index (χ2v) is 4.27. The largest absolute Gasteiger partial charge is 0.497 e. The molecular formula is C13H18N2O2. The monoisotopic (exact) mass is 234 g/mol. The molecule has 0 unspecified atom stereocenters. The van der Waals surface area contributed by atoms with Crippen LogP contribution in [0, 0.1) is 7.05 Å². The minimum Gasteiger partial charge on any atom is -0.497 e. The van der Waals surface area contributed by atoms with Crippen molar-refractivity contribution in [3.05, 3.63) is 36.9 Å². The van der Waals surface area contributed by atoms with Crippen molar-refractivity contribution in [3.63, 3.8) is 0 Å². The molecule has 0 radical (unpaired) electrons. The van der Waals surface area contributed by atoms with Gasteiger partial charge in [-0.1, -0.05) is 0 Å². The standard InChI is InChI=1S/C13H18N2O2/c1-14-7-9-15(10-8-14)13(16)11-3-5-12(17-2)6-4-11/h3-6,14H,1,7-10H2,2H3. The summed E-state index contributed by atoms with van der Waals surface area (Å²) in [5.41, 5.74) is 0.721. The molecule has 1 saturated heterocycles. The van der Waals surface area contributed by atoms with Crippen molar-refractivity contribution < 1.29 is 14.4 Å². The zero-order valence-electron chi connectivity index (χ0n) is 10.1. The van der Waals surface area contributed by atoms with Gasteiger partial charge in [-0.05, 0) is 24.3 Å². The molecule has 1 aromatic carbocycles. The Labute approximate surface area is 102 Å². The number of piperazine rings is 1. The smallest absolute Gasteiger partial charge is 0.254 e. The Hall–Kier alpha value is -1.55. The second-order valence-electron chi connectivity index (χ2n) is 4.27. The van der Waals surface area contributed by atoms with E-state index in [2.05, 4.69) is 7.05 Å². The first-order chi connectivity index (χ1) is 8.20. The van der Waals surface area contributed by atoms with Gasteiger partial charge in [-0.2, -0.15) is 7.05 Å². The van der Waals surface area contributed by atoms with Gasteiger partial charge in [0.1, 0.15) is 5.75 Å². The summed E-state index contributed by atoms with van der Waals surface area (Å²) in [6, 6.07) is 7.25. The molecule has 4 nitrogen and oxygen atoms in total. The van der Waals surface area contributed by atoms with E-state index in [1.165, 1.54) is 4.90 Å². The Morgan fingerprint density at radius 3 is 2.41 bits per heavy atom. The summed E-state index contributed by atoms with van der Waals surface area (Å²) in [4.78, 5) is 15.3. The van der Waals surface area contributed by atoms with Gasteiger partial charge >= 0.3 is 0 Å². The van der Waals surface area contributed by atoms with E-state index in [4.69, 9.17) is 4.74 Å². The number of hydrogen-bond acceptors (Lipinski definition) is 2. The number of amides is 1. The topological polar surface area (TPSA) is 34.0 Å². The number of quaternary nitrogens is 1. The third kappa shape index (κ3) is 2.77. The van der Waals surface area contributed by atoms with Gasteiger partial charge in [0.2, 0.25) is 0 Å². The van der Waals surface area contributed by atoms with Crippen molar-refractivity contribution in [1.29, 1.82) is 0 Å². The Morgan fingerprint density at radius 1 is 1.29 bits per heavy atom. The lowest BCUT2D eigenvalue weighted by Gasteiger charge is -2.33. The number of rotatable bonds is 2. The van der Waals surface area contributed by atoms with Gasteiger partial charge in [0.05, 0.1) is 33.3 Å². The van der Waals surface area contributed by atoms with Crippen LogP contribution in [0.3, 0.4) is 0 Å². The Morgan fingerprint density at radius 2 is 1.88 bits per heavy atom. The zero-order valence-corrected chi connectivity index (χ0v) is 10.1. The fourth-order valence-electron chi connectivity index (χ4n) is 1.94. The Balaban J connectivity index is 2.03. The molecule has 1 aliphatic rings. The van der Waals surface area contributed by atoms with Crippen LogP contribution in [0.25, 0.3) is 0 Å². The van der Waals surface area contributed by atoms with Gasteiger partial charge in [-0.15, -0.1) is 0 Å². The number of hydrogen-bond donors (Lipinski definition) is 1. The molecular weight excluding hydrogens is 216 g/mol. The highest BCUT2D eigenvalue weighted by Gasteiger charge is 2.20. The van der Waals surface area contributed by atoms with Crippen molar-refractivity contribution >= 4 is 5.91 Å². The first kappa shape index (κ1) is 11.9. The minimum absolute atomic E-state index is 0.0974. The second kappa shape index (κ2) is 5.19. The van der Waals surface area contributed by atoms with Crippen molar-refractivity contribution in [2.45, 2.75) is 0 Å². The molecule has 1 fully saturated rings. The Kier molecular flexibility index (Phi) is 3.64. The van der Waals surface area contributed by atoms with E-state index >= 15 is 0 Å². The van der Waals surface area contributed by atoms with Crippen molar-refractivity contribution in [2.75, 3.05) is 33.3 Å². The molecule has 1 aromatic rings. The van der Waals surface area contributed by atoms with E-state index in [1.54, 1.807) is 7.11 Å². The molecule has 1 aliphatic heterocycles. The highest BCUT2D eigenvalue weighted by atomic mass is 16.5. The predicted molar refractivity (Wildman–Crippen MR) is 65.0 cm³/mol. The lowest BCUT2D eigenvalue weighted by Crippen LogP contribution is -3.10. The van der Waals surface area contributed by atoms with E-state index in [-0.39, 0.29) is 5.91 Å². The molecule has 0 bridgehead atoms. The summed E-state index contributed by atoms with van der Waals surface area (Å²) in [7, 11) is 5.57. The average Bonchev–Trinajstić information content (AvgIpc) is 2.39. The van der Waals surface area contributed by atoms with Crippen LogP contribution in [-0.2, 0) is 0 Å². The number of methoxy groups -OCH3 is 1. The molecule has 1 heterocycles. The molecule has 17 heavy (non-hydrogen) atoms. The number of carbonyl (C=O) groups excluding carboxylic acids is 1. The molecule has 4 heteroatoms. The van der Waals surface area contributed by atoms with Crippen LogP contribution in [0.15, 0.2) is 24.3 Å². The maximum atomic E-state index is 12.2. The van der Waals surface area contributed by atoms with E-state index in [0.717, 1.165) is 37.5 Å². The van der Waals surface area contributed by atoms with Crippen LogP contribution < -0.4 is 9.64 Å². The summed E-state index contributed by atoms with van der Waals surface area (Å²) in [6.07, 6.45) is 0. The SMILES string of the molecule is [CH2-][NH+]1CCN(C(=O)c2ccc(OC)cc2)CC1. The van der Waals surface area contributed by atoms with Crippen LogP contribution in [0.5, 0.6) is 5.75 Å². The molecule has 2 rings (SSSR count). The summed E-state index contributed by atoms with van der Waals surface area (Å²) < 4.78 is 5.07. The van der Waals surface area contributed by atoms with Gasteiger partial charge in [0.15, 0.2) is 0 Å². The van der Waals surface area contributed by atoms with Gasteiger partial charge < -0.3 is 14.5 Å². The fourth-order valence-corrected chi connectivity index (χ4v) is 1.94. The molecule has 92 valence electrons. The molecule has 0 atom stereocenters. The number of nitrogens with zero attached hydrogens (tertiary/aromatic N) is 1. The van der Waals surface area contributed by atoms with Crippen LogP contribution in [0.1, 0.15) is 10.4 Å². The lowest BCUT2D eigenvalue weighted by molar-refractivity contribution is -0.858. The molecule has 1 amide bonds. The highest BCUT2D eigenvalue weighted by molar-refractivity contribution is 5.94. The van der Waals surface area contributed by atoms with Crippen molar-refractivity contribution in [3.8, 4) is 5.75 Å². The van der Waals surface area contributed by atoms with Crippen LogP contribution in [0.2, 0.25) is 0 Å². The first-order valence-electron chi connectivity index (χ1n) is 5.80. The molecule has 0 spiro atoms. The molecule has 0 saturated carbocycles. The third-order valence-electron chi connectivity index (χ3n) is 3.09. The number of carbonyl (C=O) groups is 1. The van der Waals surface area contributed by atoms with Gasteiger partial charge in [-0.3, -0.25) is 4.79 Å². The maximum Gasteiger partial charge on any atom is 0.254 e. The number of ether oxygens (including phenoxy) is 1. The maximum absolute atomic E-state index is 12.2. The summed E-state index contributed by atoms with van der Waals surface area (Å²) in [5, 5.41) is 0. The van der Waals surface area contributed by atoms with E-state index in [9.17, 15) is 4.79 Å². The summed E-state index contributed by atoms with van der Waals surface area (Å²) in [6.45, 7) is 3.40. The third-order valence-corrected chi connectivity index (χ3v) is 3.09. The van der Waals surface area contributed by atoms with Crippen LogP contribution >= 0.6 is 0 Å². The van der Waals surface area contributed by atoms with E-state index in [0.29, 0.717) is 0 Å².